The molecule has 5 fully saturated rings. The normalized spacial score (nSPS) is 60.5. The highest BCUT2D eigenvalue weighted by Crippen LogP contribution is 2.76. The van der Waals surface area contributed by atoms with Crippen molar-refractivity contribution in [2.45, 2.75) is 89.6 Å². The second-order valence-electron chi connectivity index (χ2n) is 10.0. The Balaban J connectivity index is 1.54. The lowest BCUT2D eigenvalue weighted by Crippen LogP contribution is -2.61. The maximum absolute atomic E-state index is 12.1. The van der Waals surface area contributed by atoms with E-state index in [0.29, 0.717) is 11.8 Å². The summed E-state index contributed by atoms with van der Waals surface area (Å²) in [6, 6.07) is 0. The molecule has 2 unspecified atom stereocenters. The quantitative estimate of drug-likeness (QED) is 0.783. The first-order chi connectivity index (χ1) is 11.2. The fourth-order valence-electron chi connectivity index (χ4n) is 7.51. The van der Waals surface area contributed by atoms with E-state index in [1.807, 2.05) is 6.92 Å². The van der Waals surface area contributed by atoms with Crippen LogP contribution in [0.3, 0.4) is 0 Å². The number of hydrogen-bond acceptors (Lipinski definition) is 3. The third-order valence-electron chi connectivity index (χ3n) is 8.98. The lowest BCUT2D eigenvalue weighted by Gasteiger charge is -2.58. The van der Waals surface area contributed by atoms with E-state index in [4.69, 9.17) is 9.47 Å². The molecule has 4 nitrogen and oxygen atoms in total. The summed E-state index contributed by atoms with van der Waals surface area (Å²) in [7, 11) is 0. The van der Waals surface area contributed by atoms with E-state index in [0.717, 1.165) is 38.5 Å². The van der Waals surface area contributed by atoms with Crippen LogP contribution in [0.25, 0.3) is 0 Å². The SMILES string of the molecule is CC(C)[C@@]12CCC3C4(O[C@@H]4C[C@H]4[C@](C)(C(=O)O)CCC[C@]34C)[C@@H]1O2. The molecule has 0 aromatic heterocycles. The molecule has 3 aliphatic carbocycles. The summed E-state index contributed by atoms with van der Waals surface area (Å²) in [5.74, 6) is 0.615. The van der Waals surface area contributed by atoms with Gasteiger partial charge in [0, 0.05) is 0 Å². The first-order valence-corrected chi connectivity index (χ1v) is 9.81. The molecule has 1 N–H and O–H groups in total. The van der Waals surface area contributed by atoms with E-state index in [1.54, 1.807) is 0 Å². The van der Waals surface area contributed by atoms with Gasteiger partial charge in [-0.1, -0.05) is 27.2 Å². The van der Waals surface area contributed by atoms with Crippen LogP contribution in [0, 0.1) is 28.6 Å². The molecule has 5 aliphatic rings. The van der Waals surface area contributed by atoms with Gasteiger partial charge in [0.05, 0.1) is 11.5 Å². The van der Waals surface area contributed by atoms with Gasteiger partial charge >= 0.3 is 5.97 Å². The van der Waals surface area contributed by atoms with Crippen molar-refractivity contribution in [3.63, 3.8) is 0 Å². The van der Waals surface area contributed by atoms with Crippen molar-refractivity contribution in [2.75, 3.05) is 0 Å². The molecule has 0 radical (unpaired) electrons. The molecule has 4 heteroatoms. The zero-order valence-electron chi connectivity index (χ0n) is 15.3. The molecular formula is C20H30O4. The van der Waals surface area contributed by atoms with E-state index >= 15 is 0 Å². The van der Waals surface area contributed by atoms with Crippen molar-refractivity contribution in [1.82, 2.24) is 0 Å². The van der Waals surface area contributed by atoms with Crippen LogP contribution in [0.1, 0.15) is 66.2 Å². The number of carboxylic acids is 1. The highest BCUT2D eigenvalue weighted by molar-refractivity contribution is 5.75. The smallest absolute Gasteiger partial charge is 0.309 e. The molecule has 2 heterocycles. The average molecular weight is 334 g/mol. The first kappa shape index (κ1) is 15.6. The van der Waals surface area contributed by atoms with E-state index in [1.165, 1.54) is 0 Å². The van der Waals surface area contributed by atoms with E-state index < -0.39 is 11.4 Å². The van der Waals surface area contributed by atoms with Gasteiger partial charge in [-0.05, 0) is 62.2 Å². The lowest BCUT2D eigenvalue weighted by atomic mass is 9.43. The lowest BCUT2D eigenvalue weighted by molar-refractivity contribution is -0.168. The Morgan fingerprint density at radius 3 is 2.54 bits per heavy atom. The van der Waals surface area contributed by atoms with Gasteiger partial charge in [-0.15, -0.1) is 0 Å². The Morgan fingerprint density at radius 2 is 1.88 bits per heavy atom. The number of aliphatic carboxylic acids is 1. The van der Waals surface area contributed by atoms with E-state index in [9.17, 15) is 9.90 Å². The van der Waals surface area contributed by atoms with Crippen LogP contribution < -0.4 is 0 Å². The van der Waals surface area contributed by atoms with Gasteiger partial charge in [0.1, 0.15) is 17.3 Å². The highest BCUT2D eigenvalue weighted by Gasteiger charge is 2.85. The summed E-state index contributed by atoms with van der Waals surface area (Å²) in [6.45, 7) is 8.89. The van der Waals surface area contributed by atoms with E-state index in [-0.39, 0.29) is 34.7 Å². The zero-order valence-corrected chi connectivity index (χ0v) is 15.3. The summed E-state index contributed by atoms with van der Waals surface area (Å²) in [5, 5.41) is 9.95. The van der Waals surface area contributed by atoms with Crippen molar-refractivity contribution in [3.8, 4) is 0 Å². The Labute approximate surface area is 144 Å². The maximum atomic E-state index is 12.1. The Morgan fingerprint density at radius 1 is 1.12 bits per heavy atom. The van der Waals surface area contributed by atoms with Crippen LogP contribution in [0.4, 0.5) is 0 Å². The summed E-state index contributed by atoms with van der Waals surface area (Å²) >= 11 is 0. The number of carboxylic acid groups (broad SMARTS) is 1. The molecule has 134 valence electrons. The number of carbonyl (C=O) groups is 1. The van der Waals surface area contributed by atoms with Crippen LogP contribution in [-0.2, 0) is 14.3 Å². The van der Waals surface area contributed by atoms with Crippen molar-refractivity contribution < 1.29 is 19.4 Å². The van der Waals surface area contributed by atoms with Crippen molar-refractivity contribution in [1.29, 1.82) is 0 Å². The summed E-state index contributed by atoms with van der Waals surface area (Å²) in [6.07, 6.45) is 6.61. The Kier molecular flexibility index (Phi) is 2.73. The number of hydrogen-bond donors (Lipinski definition) is 1. The number of ether oxygens (including phenoxy) is 2. The highest BCUT2D eigenvalue weighted by atomic mass is 16.7. The Hall–Kier alpha value is -0.610. The average Bonchev–Trinajstić information content (AvgIpc) is 3.38. The molecule has 0 aromatic rings. The fraction of sp³-hybridized carbons (Fsp3) is 0.950. The van der Waals surface area contributed by atoms with Crippen molar-refractivity contribution in [2.24, 2.45) is 28.6 Å². The molecule has 3 saturated carbocycles. The summed E-state index contributed by atoms with van der Waals surface area (Å²) < 4.78 is 12.7. The van der Waals surface area contributed by atoms with Crippen LogP contribution in [0.5, 0.6) is 0 Å². The predicted molar refractivity (Wildman–Crippen MR) is 88.6 cm³/mol. The van der Waals surface area contributed by atoms with Crippen molar-refractivity contribution in [3.05, 3.63) is 0 Å². The molecule has 0 aromatic carbocycles. The number of epoxide rings is 2. The third kappa shape index (κ3) is 1.48. The molecule has 24 heavy (non-hydrogen) atoms. The van der Waals surface area contributed by atoms with Crippen LogP contribution in [0.15, 0.2) is 0 Å². The molecule has 0 bridgehead atoms. The monoisotopic (exact) mass is 334 g/mol. The molecule has 2 saturated heterocycles. The Bertz CT molecular complexity index is 617. The second-order valence-corrected chi connectivity index (χ2v) is 10.0. The third-order valence-corrected chi connectivity index (χ3v) is 8.98. The summed E-state index contributed by atoms with van der Waals surface area (Å²) in [4.78, 5) is 12.1. The van der Waals surface area contributed by atoms with Gasteiger partial charge < -0.3 is 14.6 Å². The predicted octanol–water partition coefficient (Wildman–Crippen LogP) is 3.63. The van der Waals surface area contributed by atoms with Crippen LogP contribution >= 0.6 is 0 Å². The van der Waals surface area contributed by atoms with Gasteiger partial charge in [0.25, 0.3) is 0 Å². The van der Waals surface area contributed by atoms with Crippen molar-refractivity contribution >= 4 is 5.97 Å². The largest absolute Gasteiger partial charge is 0.481 e. The minimum atomic E-state index is -0.610. The molecular weight excluding hydrogens is 304 g/mol. The molecule has 5 rings (SSSR count). The topological polar surface area (TPSA) is 62.4 Å². The van der Waals surface area contributed by atoms with Gasteiger partial charge in [-0.25, -0.2) is 0 Å². The zero-order chi connectivity index (χ0) is 17.1. The molecule has 8 atom stereocenters. The standard InChI is InChI=1S/C20H30O4/c1-11(2)19-9-6-12-17(3)7-5-8-18(4,16(21)22)13(17)10-14-20(12,23-14)15(19)24-19/h11-15H,5-10H2,1-4H3,(H,21,22)/t12?,13-,14-,15-,17-,18-,19+,20?/m1/s1. The first-order valence-electron chi connectivity index (χ1n) is 9.81. The van der Waals surface area contributed by atoms with Crippen LogP contribution in [-0.4, -0.2) is 34.5 Å². The number of rotatable bonds is 2. The van der Waals surface area contributed by atoms with Gasteiger partial charge in [0.2, 0.25) is 0 Å². The van der Waals surface area contributed by atoms with Gasteiger partial charge in [-0.3, -0.25) is 4.79 Å². The second kappa shape index (κ2) is 4.20. The summed E-state index contributed by atoms with van der Waals surface area (Å²) in [5.41, 5.74) is -0.570. The van der Waals surface area contributed by atoms with Crippen LogP contribution in [0.2, 0.25) is 0 Å². The van der Waals surface area contributed by atoms with E-state index in [2.05, 4.69) is 20.8 Å². The molecule has 2 aliphatic heterocycles. The van der Waals surface area contributed by atoms with Gasteiger partial charge in [0.15, 0.2) is 0 Å². The fourth-order valence-corrected chi connectivity index (χ4v) is 7.51. The van der Waals surface area contributed by atoms with Gasteiger partial charge in [-0.2, -0.15) is 0 Å². The molecule has 1 spiro atoms. The minimum Gasteiger partial charge on any atom is -0.481 e. The number of fused-ring (bicyclic) bond motifs is 3. The molecule has 0 amide bonds. The maximum Gasteiger partial charge on any atom is 0.309 e. The minimum absolute atomic E-state index is 0.0409.